The van der Waals surface area contributed by atoms with Crippen molar-refractivity contribution in [3.63, 3.8) is 0 Å². The van der Waals surface area contributed by atoms with Crippen LogP contribution in [0.4, 0.5) is 0 Å². The van der Waals surface area contributed by atoms with E-state index in [1.807, 2.05) is 30.9 Å². The Morgan fingerprint density at radius 1 is 1.06 bits per heavy atom. The minimum absolute atomic E-state index is 0.493. The van der Waals surface area contributed by atoms with Crippen LogP contribution in [0.2, 0.25) is 0 Å². The van der Waals surface area contributed by atoms with Crippen LogP contribution in [0.5, 0.6) is 11.5 Å². The van der Waals surface area contributed by atoms with Crippen LogP contribution in [0.25, 0.3) is 0 Å². The standard InChI is InChI=1S/C13H20N2O2/c1-5-15(6-2)13(14)10-7-11(16-3)9-12(8-10)17-4/h7-9,14H,5-6H2,1-4H3. The van der Waals surface area contributed by atoms with Crippen LogP contribution in [0.3, 0.4) is 0 Å². The number of ether oxygens (including phenoxy) is 2. The van der Waals surface area contributed by atoms with E-state index in [4.69, 9.17) is 14.9 Å². The van der Waals surface area contributed by atoms with Crippen LogP contribution in [0.15, 0.2) is 18.2 Å². The molecular weight excluding hydrogens is 216 g/mol. The van der Waals surface area contributed by atoms with Crippen molar-refractivity contribution in [3.8, 4) is 11.5 Å². The zero-order chi connectivity index (χ0) is 12.8. The molecule has 0 spiro atoms. The van der Waals surface area contributed by atoms with Gasteiger partial charge in [0, 0.05) is 24.7 Å². The van der Waals surface area contributed by atoms with Crippen LogP contribution < -0.4 is 9.47 Å². The molecule has 0 radical (unpaired) electrons. The van der Waals surface area contributed by atoms with Crippen molar-refractivity contribution in [2.24, 2.45) is 0 Å². The van der Waals surface area contributed by atoms with E-state index in [0.717, 1.165) is 18.7 Å². The van der Waals surface area contributed by atoms with E-state index in [-0.39, 0.29) is 0 Å². The highest BCUT2D eigenvalue weighted by Crippen LogP contribution is 2.23. The molecular formula is C13H20N2O2. The molecule has 0 aliphatic heterocycles. The van der Waals surface area contributed by atoms with Gasteiger partial charge in [-0.05, 0) is 26.0 Å². The third kappa shape index (κ3) is 3.12. The van der Waals surface area contributed by atoms with Crippen LogP contribution in [-0.4, -0.2) is 38.0 Å². The largest absolute Gasteiger partial charge is 0.497 e. The van der Waals surface area contributed by atoms with Crippen molar-refractivity contribution in [2.75, 3.05) is 27.3 Å². The Labute approximate surface area is 103 Å². The molecule has 0 unspecified atom stereocenters. The quantitative estimate of drug-likeness (QED) is 0.630. The van der Waals surface area contributed by atoms with Gasteiger partial charge < -0.3 is 14.4 Å². The number of rotatable bonds is 5. The summed E-state index contributed by atoms with van der Waals surface area (Å²) in [6, 6.07) is 5.51. The Morgan fingerprint density at radius 3 is 1.88 bits per heavy atom. The lowest BCUT2D eigenvalue weighted by Gasteiger charge is -2.22. The van der Waals surface area contributed by atoms with E-state index in [1.165, 1.54) is 0 Å². The average molecular weight is 236 g/mol. The van der Waals surface area contributed by atoms with Crippen molar-refractivity contribution < 1.29 is 9.47 Å². The van der Waals surface area contributed by atoms with Gasteiger partial charge in [-0.2, -0.15) is 0 Å². The topological polar surface area (TPSA) is 45.6 Å². The summed E-state index contributed by atoms with van der Waals surface area (Å²) in [7, 11) is 3.22. The third-order valence-electron chi connectivity index (χ3n) is 2.70. The molecule has 0 atom stereocenters. The molecule has 1 aromatic carbocycles. The minimum atomic E-state index is 0.493. The molecule has 0 aromatic heterocycles. The van der Waals surface area contributed by atoms with Gasteiger partial charge in [-0.3, -0.25) is 5.41 Å². The Hall–Kier alpha value is -1.71. The molecule has 4 heteroatoms. The lowest BCUT2D eigenvalue weighted by molar-refractivity contribution is 0.393. The minimum Gasteiger partial charge on any atom is -0.497 e. The molecule has 1 rings (SSSR count). The zero-order valence-electron chi connectivity index (χ0n) is 10.9. The molecule has 0 bridgehead atoms. The molecule has 94 valence electrons. The summed E-state index contributed by atoms with van der Waals surface area (Å²) >= 11 is 0. The molecule has 0 fully saturated rings. The fourth-order valence-electron chi connectivity index (χ4n) is 1.67. The number of nitrogens with zero attached hydrogens (tertiary/aromatic N) is 1. The molecule has 17 heavy (non-hydrogen) atoms. The van der Waals surface area contributed by atoms with E-state index in [1.54, 1.807) is 20.3 Å². The number of benzene rings is 1. The molecule has 0 aliphatic carbocycles. The highest BCUT2D eigenvalue weighted by atomic mass is 16.5. The summed E-state index contributed by atoms with van der Waals surface area (Å²) < 4.78 is 10.4. The van der Waals surface area contributed by atoms with Crippen LogP contribution in [0.1, 0.15) is 19.4 Å². The normalized spacial score (nSPS) is 9.88. The Kier molecular flexibility index (Phi) is 4.82. The summed E-state index contributed by atoms with van der Waals surface area (Å²) in [6.07, 6.45) is 0. The maximum Gasteiger partial charge on any atom is 0.128 e. The van der Waals surface area contributed by atoms with Gasteiger partial charge in [0.15, 0.2) is 0 Å². The molecule has 0 saturated heterocycles. The fourth-order valence-corrected chi connectivity index (χ4v) is 1.67. The first-order chi connectivity index (χ1) is 8.15. The second kappa shape index (κ2) is 6.13. The molecule has 0 amide bonds. The fraction of sp³-hybridized carbons (Fsp3) is 0.462. The van der Waals surface area contributed by atoms with Gasteiger partial charge in [0.2, 0.25) is 0 Å². The lowest BCUT2D eigenvalue weighted by Crippen LogP contribution is -2.30. The zero-order valence-corrected chi connectivity index (χ0v) is 10.9. The highest BCUT2D eigenvalue weighted by Gasteiger charge is 2.11. The van der Waals surface area contributed by atoms with Gasteiger partial charge in [-0.25, -0.2) is 0 Å². The van der Waals surface area contributed by atoms with Gasteiger partial charge in [0.1, 0.15) is 17.3 Å². The van der Waals surface area contributed by atoms with Gasteiger partial charge >= 0.3 is 0 Å². The molecule has 4 nitrogen and oxygen atoms in total. The third-order valence-corrected chi connectivity index (χ3v) is 2.70. The molecule has 0 heterocycles. The number of nitrogens with one attached hydrogen (secondary N) is 1. The first kappa shape index (κ1) is 13.4. The monoisotopic (exact) mass is 236 g/mol. The number of hydrogen-bond donors (Lipinski definition) is 1. The Balaban J connectivity index is 3.07. The van der Waals surface area contributed by atoms with Crippen LogP contribution in [0, 0.1) is 5.41 Å². The van der Waals surface area contributed by atoms with Gasteiger partial charge in [0.25, 0.3) is 0 Å². The van der Waals surface area contributed by atoms with E-state index in [9.17, 15) is 0 Å². The summed E-state index contributed by atoms with van der Waals surface area (Å²) in [5.74, 6) is 1.90. The van der Waals surface area contributed by atoms with Gasteiger partial charge in [0.05, 0.1) is 14.2 Å². The van der Waals surface area contributed by atoms with E-state index in [0.29, 0.717) is 17.3 Å². The first-order valence-corrected chi connectivity index (χ1v) is 5.73. The molecule has 0 saturated carbocycles. The second-order valence-electron chi connectivity index (χ2n) is 3.62. The number of methoxy groups -OCH3 is 2. The predicted octanol–water partition coefficient (Wildman–Crippen LogP) is 2.37. The van der Waals surface area contributed by atoms with Crippen molar-refractivity contribution in [2.45, 2.75) is 13.8 Å². The summed E-state index contributed by atoms with van der Waals surface area (Å²) in [4.78, 5) is 1.98. The molecule has 1 N–H and O–H groups in total. The molecule has 1 aromatic rings. The van der Waals surface area contributed by atoms with E-state index in [2.05, 4.69) is 0 Å². The van der Waals surface area contributed by atoms with Crippen molar-refractivity contribution in [1.82, 2.24) is 4.90 Å². The summed E-state index contributed by atoms with van der Waals surface area (Å²) in [5, 5.41) is 8.15. The highest BCUT2D eigenvalue weighted by molar-refractivity contribution is 5.97. The Morgan fingerprint density at radius 2 is 1.53 bits per heavy atom. The number of hydrogen-bond acceptors (Lipinski definition) is 3. The van der Waals surface area contributed by atoms with Crippen molar-refractivity contribution >= 4 is 5.84 Å². The Bertz CT molecular complexity index is 365. The maximum atomic E-state index is 8.15. The summed E-state index contributed by atoms with van der Waals surface area (Å²) in [5.41, 5.74) is 0.810. The second-order valence-corrected chi connectivity index (χ2v) is 3.62. The van der Waals surface area contributed by atoms with Crippen molar-refractivity contribution in [3.05, 3.63) is 23.8 Å². The van der Waals surface area contributed by atoms with Crippen LogP contribution >= 0.6 is 0 Å². The van der Waals surface area contributed by atoms with E-state index < -0.39 is 0 Å². The lowest BCUT2D eigenvalue weighted by atomic mass is 10.1. The van der Waals surface area contributed by atoms with E-state index >= 15 is 0 Å². The molecule has 0 aliphatic rings. The summed E-state index contributed by atoms with van der Waals surface area (Å²) in [6.45, 7) is 5.70. The smallest absolute Gasteiger partial charge is 0.128 e. The van der Waals surface area contributed by atoms with Gasteiger partial charge in [-0.1, -0.05) is 0 Å². The maximum absolute atomic E-state index is 8.15. The van der Waals surface area contributed by atoms with Crippen molar-refractivity contribution in [1.29, 1.82) is 5.41 Å². The predicted molar refractivity (Wildman–Crippen MR) is 69.3 cm³/mol. The average Bonchev–Trinajstić information content (AvgIpc) is 2.39. The number of amidine groups is 1. The first-order valence-electron chi connectivity index (χ1n) is 5.73. The van der Waals surface area contributed by atoms with Crippen LogP contribution in [-0.2, 0) is 0 Å². The van der Waals surface area contributed by atoms with Gasteiger partial charge in [-0.15, -0.1) is 0 Å². The SMILES string of the molecule is CCN(CC)C(=N)c1cc(OC)cc(OC)c1.